The van der Waals surface area contributed by atoms with Gasteiger partial charge in [0.25, 0.3) is 0 Å². The molecule has 0 radical (unpaired) electrons. The lowest BCUT2D eigenvalue weighted by molar-refractivity contribution is -0.0779. The fourth-order valence-electron chi connectivity index (χ4n) is 3.17. The summed E-state index contributed by atoms with van der Waals surface area (Å²) in [4.78, 5) is 4.71. The van der Waals surface area contributed by atoms with E-state index in [0.717, 1.165) is 52.4 Å². The van der Waals surface area contributed by atoms with E-state index >= 15 is 0 Å². The third kappa shape index (κ3) is 5.36. The van der Waals surface area contributed by atoms with Crippen LogP contribution in [0, 0.1) is 0 Å². The van der Waals surface area contributed by atoms with Crippen molar-refractivity contribution in [1.29, 1.82) is 0 Å². The molecule has 2 aliphatic rings. The highest BCUT2D eigenvalue weighted by Gasteiger charge is 2.24. The number of morpholine rings is 1. The number of ether oxygens (including phenoxy) is 1. The molecule has 2 rings (SSSR count). The lowest BCUT2D eigenvalue weighted by Gasteiger charge is -2.37. The summed E-state index contributed by atoms with van der Waals surface area (Å²) in [6.07, 6.45) is 1.48. The third-order valence-electron chi connectivity index (χ3n) is 3.87. The minimum Gasteiger partial charge on any atom is -0.390 e. The number of aliphatic hydroxyl groups excluding tert-OH is 1. The third-order valence-corrected chi connectivity index (χ3v) is 3.87. The lowest BCUT2D eigenvalue weighted by atomic mass is 10.2. The maximum atomic E-state index is 10.3. The minimum atomic E-state index is -0.254. The van der Waals surface area contributed by atoms with Crippen molar-refractivity contribution < 1.29 is 9.84 Å². The smallest absolute Gasteiger partial charge is 0.0793 e. The average Bonchev–Trinajstić information content (AvgIpc) is 2.55. The van der Waals surface area contributed by atoms with Gasteiger partial charge >= 0.3 is 0 Å². The molecule has 2 N–H and O–H groups in total. The van der Waals surface area contributed by atoms with Gasteiger partial charge in [0.15, 0.2) is 0 Å². The van der Waals surface area contributed by atoms with Crippen LogP contribution in [0.25, 0.3) is 0 Å². The van der Waals surface area contributed by atoms with Gasteiger partial charge in [-0.25, -0.2) is 0 Å². The Morgan fingerprint density at radius 2 is 1.79 bits per heavy atom. The van der Waals surface area contributed by atoms with E-state index in [9.17, 15) is 5.11 Å². The minimum absolute atomic E-state index is 0.254. The first kappa shape index (κ1) is 15.2. The molecule has 2 heterocycles. The molecular weight excluding hydrogens is 242 g/mol. The topological polar surface area (TPSA) is 48.0 Å². The Kier molecular flexibility index (Phi) is 6.04. The van der Waals surface area contributed by atoms with Gasteiger partial charge in [-0.2, -0.15) is 0 Å². The summed E-state index contributed by atoms with van der Waals surface area (Å²) >= 11 is 0. The summed E-state index contributed by atoms with van der Waals surface area (Å²) in [5.41, 5.74) is 0. The van der Waals surface area contributed by atoms with Gasteiger partial charge in [-0.05, 0) is 33.4 Å². The van der Waals surface area contributed by atoms with E-state index in [0.29, 0.717) is 0 Å². The maximum absolute atomic E-state index is 10.3. The highest BCUT2D eigenvalue weighted by molar-refractivity contribution is 4.77. The number of nitrogens with one attached hydrogen (secondary N) is 1. The quantitative estimate of drug-likeness (QED) is 0.738. The lowest BCUT2D eigenvalue weighted by Crippen LogP contribution is -2.49. The Morgan fingerprint density at radius 3 is 2.53 bits per heavy atom. The van der Waals surface area contributed by atoms with Crippen molar-refractivity contribution >= 4 is 0 Å². The molecule has 0 bridgehead atoms. The monoisotopic (exact) mass is 271 g/mol. The number of rotatable bonds is 4. The molecular formula is C14H29N3O2. The number of β-amino-alcohol motifs (C(OH)–C–C–N with tert-alkyl or cyclic N) is 1. The molecule has 112 valence electrons. The van der Waals surface area contributed by atoms with Gasteiger partial charge < -0.3 is 15.2 Å². The second-order valence-electron chi connectivity index (χ2n) is 6.03. The molecule has 0 aromatic rings. The van der Waals surface area contributed by atoms with Crippen LogP contribution in [0.3, 0.4) is 0 Å². The van der Waals surface area contributed by atoms with Gasteiger partial charge in [-0.3, -0.25) is 9.80 Å². The van der Waals surface area contributed by atoms with Gasteiger partial charge in [-0.15, -0.1) is 0 Å². The van der Waals surface area contributed by atoms with Crippen LogP contribution in [0.2, 0.25) is 0 Å². The van der Waals surface area contributed by atoms with Crippen molar-refractivity contribution in [2.45, 2.75) is 38.6 Å². The molecule has 0 spiro atoms. The Morgan fingerprint density at radius 1 is 1.11 bits per heavy atom. The van der Waals surface area contributed by atoms with Crippen LogP contribution in [0.4, 0.5) is 0 Å². The number of hydrogen-bond acceptors (Lipinski definition) is 5. The highest BCUT2D eigenvalue weighted by atomic mass is 16.5. The molecule has 0 aromatic carbocycles. The second-order valence-corrected chi connectivity index (χ2v) is 6.03. The predicted octanol–water partition coefficient (Wildman–Crippen LogP) is -0.248. The van der Waals surface area contributed by atoms with Crippen LogP contribution in [-0.4, -0.2) is 85.6 Å². The molecule has 5 nitrogen and oxygen atoms in total. The van der Waals surface area contributed by atoms with E-state index in [1.807, 2.05) is 0 Å². The standard InChI is InChI=1S/C14H29N3O2/c1-12-8-17(9-13(2)19-12)11-14(18)10-16-6-3-4-15-5-7-16/h12-15,18H,3-11H2,1-2H3/t12-,13-,14+/m0/s1. The molecule has 0 amide bonds. The van der Waals surface area contributed by atoms with E-state index in [-0.39, 0.29) is 18.3 Å². The van der Waals surface area contributed by atoms with Crippen LogP contribution >= 0.6 is 0 Å². The van der Waals surface area contributed by atoms with Gasteiger partial charge in [-0.1, -0.05) is 0 Å². The molecule has 2 fully saturated rings. The van der Waals surface area contributed by atoms with E-state index in [1.54, 1.807) is 0 Å². The summed E-state index contributed by atoms with van der Waals surface area (Å²) in [6.45, 7) is 11.9. The molecule has 19 heavy (non-hydrogen) atoms. The van der Waals surface area contributed by atoms with Crippen LogP contribution in [0.15, 0.2) is 0 Å². The van der Waals surface area contributed by atoms with Gasteiger partial charge in [0, 0.05) is 39.3 Å². The molecule has 5 heteroatoms. The fraction of sp³-hybridized carbons (Fsp3) is 1.00. The van der Waals surface area contributed by atoms with E-state index in [4.69, 9.17) is 4.74 Å². The molecule has 2 saturated heterocycles. The fourth-order valence-corrected chi connectivity index (χ4v) is 3.17. The summed E-state index contributed by atoms with van der Waals surface area (Å²) in [5, 5.41) is 13.7. The molecule has 2 aliphatic heterocycles. The zero-order chi connectivity index (χ0) is 13.7. The predicted molar refractivity (Wildman–Crippen MR) is 76.4 cm³/mol. The largest absolute Gasteiger partial charge is 0.390 e. The zero-order valence-corrected chi connectivity index (χ0v) is 12.3. The Hall–Kier alpha value is -0.200. The number of nitrogens with zero attached hydrogens (tertiary/aromatic N) is 2. The van der Waals surface area contributed by atoms with E-state index in [2.05, 4.69) is 29.0 Å². The van der Waals surface area contributed by atoms with Gasteiger partial charge in [0.1, 0.15) is 0 Å². The van der Waals surface area contributed by atoms with Crippen molar-refractivity contribution in [3.63, 3.8) is 0 Å². The second kappa shape index (κ2) is 7.55. The van der Waals surface area contributed by atoms with Crippen molar-refractivity contribution in [1.82, 2.24) is 15.1 Å². The van der Waals surface area contributed by atoms with Crippen molar-refractivity contribution in [3.05, 3.63) is 0 Å². The molecule has 0 aromatic heterocycles. The normalized spacial score (nSPS) is 33.0. The number of aliphatic hydroxyl groups is 1. The molecule has 3 atom stereocenters. The van der Waals surface area contributed by atoms with E-state index < -0.39 is 0 Å². The van der Waals surface area contributed by atoms with E-state index in [1.165, 1.54) is 6.42 Å². The highest BCUT2D eigenvalue weighted by Crippen LogP contribution is 2.11. The maximum Gasteiger partial charge on any atom is 0.0793 e. The van der Waals surface area contributed by atoms with Crippen LogP contribution < -0.4 is 5.32 Å². The first-order valence-corrected chi connectivity index (χ1v) is 7.62. The number of hydrogen-bond donors (Lipinski definition) is 2. The summed E-state index contributed by atoms with van der Waals surface area (Å²) < 4.78 is 5.72. The zero-order valence-electron chi connectivity index (χ0n) is 12.3. The van der Waals surface area contributed by atoms with Crippen molar-refractivity contribution in [2.24, 2.45) is 0 Å². The van der Waals surface area contributed by atoms with Crippen molar-refractivity contribution in [3.8, 4) is 0 Å². The summed E-state index contributed by atoms with van der Waals surface area (Å²) in [5.74, 6) is 0. The Balaban J connectivity index is 1.72. The van der Waals surface area contributed by atoms with Crippen LogP contribution in [0.5, 0.6) is 0 Å². The van der Waals surface area contributed by atoms with Crippen LogP contribution in [0.1, 0.15) is 20.3 Å². The summed E-state index contributed by atoms with van der Waals surface area (Å²) in [7, 11) is 0. The molecule has 0 unspecified atom stereocenters. The SMILES string of the molecule is C[C@H]1CN(C[C@H](O)CN2CCCNCC2)C[C@H](C)O1. The van der Waals surface area contributed by atoms with Crippen molar-refractivity contribution in [2.75, 3.05) is 52.4 Å². The Bertz CT molecular complexity index is 247. The Labute approximate surface area is 116 Å². The first-order chi connectivity index (χ1) is 9.13. The molecule has 0 saturated carbocycles. The average molecular weight is 271 g/mol. The van der Waals surface area contributed by atoms with Gasteiger partial charge in [0.2, 0.25) is 0 Å². The van der Waals surface area contributed by atoms with Gasteiger partial charge in [0.05, 0.1) is 18.3 Å². The first-order valence-electron chi connectivity index (χ1n) is 7.62. The van der Waals surface area contributed by atoms with Crippen LogP contribution in [-0.2, 0) is 4.74 Å². The summed E-state index contributed by atoms with van der Waals surface area (Å²) in [6, 6.07) is 0. The molecule has 0 aliphatic carbocycles.